The Hall–Kier alpha value is -0.460. The van der Waals surface area contributed by atoms with Crippen LogP contribution in [0.5, 0.6) is 0 Å². The molecule has 1 heteroatoms. The lowest BCUT2D eigenvalue weighted by molar-refractivity contribution is 0.297. The van der Waals surface area contributed by atoms with Crippen LogP contribution in [0.1, 0.15) is 27.7 Å². The molecule has 1 N–H and O–H groups in total. The third kappa shape index (κ3) is 1.76. The second-order valence-corrected chi connectivity index (χ2v) is 3.60. The molecular formula is C9H19N. The van der Waals surface area contributed by atoms with Gasteiger partial charge in [-0.1, -0.05) is 34.3 Å². The molecule has 0 saturated heterocycles. The van der Waals surface area contributed by atoms with Crippen molar-refractivity contribution < 1.29 is 0 Å². The lowest BCUT2D eigenvalue weighted by Crippen LogP contribution is -2.28. The fraction of sp³-hybridized carbons (Fsp3) is 0.778. The van der Waals surface area contributed by atoms with Gasteiger partial charge in [0, 0.05) is 18.2 Å². The SMILES string of the molecule is C=C(NC)C(C)(C)C(C)C. The summed E-state index contributed by atoms with van der Waals surface area (Å²) in [6, 6.07) is 0. The van der Waals surface area contributed by atoms with Crippen LogP contribution in [0.2, 0.25) is 0 Å². The van der Waals surface area contributed by atoms with Crippen LogP contribution >= 0.6 is 0 Å². The predicted molar refractivity (Wildman–Crippen MR) is 46.8 cm³/mol. The maximum absolute atomic E-state index is 3.96. The molecule has 0 radical (unpaired) electrons. The van der Waals surface area contributed by atoms with Crippen molar-refractivity contribution in [3.8, 4) is 0 Å². The Kier molecular flexibility index (Phi) is 2.95. The van der Waals surface area contributed by atoms with Gasteiger partial charge in [0.1, 0.15) is 0 Å². The molecule has 0 fully saturated rings. The first-order valence-corrected chi connectivity index (χ1v) is 3.80. The minimum atomic E-state index is 0.203. The van der Waals surface area contributed by atoms with Crippen LogP contribution in [0.15, 0.2) is 12.3 Å². The van der Waals surface area contributed by atoms with Crippen molar-refractivity contribution in [1.82, 2.24) is 5.32 Å². The van der Waals surface area contributed by atoms with E-state index in [0.717, 1.165) is 5.70 Å². The van der Waals surface area contributed by atoms with Gasteiger partial charge in [-0.15, -0.1) is 0 Å². The first-order chi connectivity index (χ1) is 4.42. The van der Waals surface area contributed by atoms with E-state index >= 15 is 0 Å². The van der Waals surface area contributed by atoms with Gasteiger partial charge in [-0.25, -0.2) is 0 Å². The lowest BCUT2D eigenvalue weighted by Gasteiger charge is -2.31. The highest BCUT2D eigenvalue weighted by Crippen LogP contribution is 2.31. The number of hydrogen-bond acceptors (Lipinski definition) is 1. The maximum atomic E-state index is 3.96. The number of hydrogen-bond donors (Lipinski definition) is 1. The summed E-state index contributed by atoms with van der Waals surface area (Å²) >= 11 is 0. The molecule has 0 amide bonds. The third-order valence-corrected chi connectivity index (χ3v) is 2.52. The van der Waals surface area contributed by atoms with E-state index in [1.165, 1.54) is 0 Å². The van der Waals surface area contributed by atoms with Gasteiger partial charge in [0.05, 0.1) is 0 Å². The summed E-state index contributed by atoms with van der Waals surface area (Å²) in [4.78, 5) is 0. The molecule has 0 aromatic carbocycles. The maximum Gasteiger partial charge on any atom is 0.00910 e. The predicted octanol–water partition coefficient (Wildman–Crippen LogP) is 2.40. The quantitative estimate of drug-likeness (QED) is 0.636. The van der Waals surface area contributed by atoms with Crippen LogP contribution in [0, 0.1) is 11.3 Å². The molecule has 0 bridgehead atoms. The minimum absolute atomic E-state index is 0.203. The molecule has 0 heterocycles. The van der Waals surface area contributed by atoms with E-state index in [1.54, 1.807) is 0 Å². The number of rotatable bonds is 3. The van der Waals surface area contributed by atoms with E-state index in [2.05, 4.69) is 39.6 Å². The highest BCUT2D eigenvalue weighted by molar-refractivity contribution is 5.04. The molecule has 1 nitrogen and oxygen atoms in total. The van der Waals surface area contributed by atoms with Gasteiger partial charge in [-0.05, 0) is 5.92 Å². The van der Waals surface area contributed by atoms with E-state index in [9.17, 15) is 0 Å². The lowest BCUT2D eigenvalue weighted by atomic mass is 9.79. The Bertz CT molecular complexity index is 123. The topological polar surface area (TPSA) is 12.0 Å². The molecular weight excluding hydrogens is 122 g/mol. The average Bonchev–Trinajstić information content (AvgIpc) is 1.86. The summed E-state index contributed by atoms with van der Waals surface area (Å²) in [6.45, 7) is 12.8. The van der Waals surface area contributed by atoms with Gasteiger partial charge >= 0.3 is 0 Å². The standard InChI is InChI=1S/C9H19N/c1-7(2)9(4,5)8(3)10-6/h7,10H,3H2,1-2,4-6H3. The molecule has 0 aliphatic rings. The molecule has 0 unspecified atom stereocenters. The second kappa shape index (κ2) is 3.09. The molecule has 0 aromatic rings. The van der Waals surface area contributed by atoms with Gasteiger partial charge < -0.3 is 5.32 Å². The highest BCUT2D eigenvalue weighted by Gasteiger charge is 2.24. The zero-order valence-electron chi connectivity index (χ0n) is 7.78. The summed E-state index contributed by atoms with van der Waals surface area (Å²) < 4.78 is 0. The van der Waals surface area contributed by atoms with E-state index in [1.807, 2.05) is 7.05 Å². The van der Waals surface area contributed by atoms with Gasteiger partial charge in [-0.3, -0.25) is 0 Å². The fourth-order valence-corrected chi connectivity index (χ4v) is 0.671. The van der Waals surface area contributed by atoms with Crippen LogP contribution in [0.3, 0.4) is 0 Å². The summed E-state index contributed by atoms with van der Waals surface area (Å²) in [6.07, 6.45) is 0. The molecule has 0 rings (SSSR count). The largest absolute Gasteiger partial charge is 0.391 e. The van der Waals surface area contributed by atoms with Gasteiger partial charge in [0.15, 0.2) is 0 Å². The van der Waals surface area contributed by atoms with Crippen molar-refractivity contribution in [1.29, 1.82) is 0 Å². The van der Waals surface area contributed by atoms with E-state index in [0.29, 0.717) is 5.92 Å². The van der Waals surface area contributed by atoms with Crippen LogP contribution in [0.25, 0.3) is 0 Å². The molecule has 60 valence electrons. The molecule has 0 spiro atoms. The van der Waals surface area contributed by atoms with E-state index in [-0.39, 0.29) is 5.41 Å². The first kappa shape index (κ1) is 9.54. The van der Waals surface area contributed by atoms with Crippen molar-refractivity contribution in [2.24, 2.45) is 11.3 Å². The zero-order chi connectivity index (χ0) is 8.36. The van der Waals surface area contributed by atoms with Crippen LogP contribution in [0.4, 0.5) is 0 Å². The van der Waals surface area contributed by atoms with Crippen molar-refractivity contribution in [3.63, 3.8) is 0 Å². The Morgan fingerprint density at radius 3 is 1.90 bits per heavy atom. The normalized spacial score (nSPS) is 11.8. The van der Waals surface area contributed by atoms with Crippen molar-refractivity contribution >= 4 is 0 Å². The van der Waals surface area contributed by atoms with Gasteiger partial charge in [0.25, 0.3) is 0 Å². The smallest absolute Gasteiger partial charge is 0.00910 e. The highest BCUT2D eigenvalue weighted by atomic mass is 14.8. The summed E-state index contributed by atoms with van der Waals surface area (Å²) in [5.74, 6) is 0.632. The Labute approximate surface area is 64.5 Å². The van der Waals surface area contributed by atoms with E-state index < -0.39 is 0 Å². The van der Waals surface area contributed by atoms with Gasteiger partial charge in [0.2, 0.25) is 0 Å². The van der Waals surface area contributed by atoms with Gasteiger partial charge in [-0.2, -0.15) is 0 Å². The Morgan fingerprint density at radius 2 is 1.80 bits per heavy atom. The molecule has 10 heavy (non-hydrogen) atoms. The first-order valence-electron chi connectivity index (χ1n) is 3.80. The zero-order valence-corrected chi connectivity index (χ0v) is 7.78. The monoisotopic (exact) mass is 141 g/mol. The van der Waals surface area contributed by atoms with Crippen LogP contribution in [-0.4, -0.2) is 7.05 Å². The third-order valence-electron chi connectivity index (χ3n) is 2.52. The van der Waals surface area contributed by atoms with Crippen LogP contribution in [-0.2, 0) is 0 Å². The minimum Gasteiger partial charge on any atom is -0.391 e. The Morgan fingerprint density at radius 1 is 1.40 bits per heavy atom. The fourth-order valence-electron chi connectivity index (χ4n) is 0.671. The second-order valence-electron chi connectivity index (χ2n) is 3.60. The number of allylic oxidation sites excluding steroid dienone is 1. The summed E-state index contributed by atoms with van der Waals surface area (Å²) in [5.41, 5.74) is 1.32. The molecule has 0 aromatic heterocycles. The van der Waals surface area contributed by atoms with Crippen molar-refractivity contribution in [2.45, 2.75) is 27.7 Å². The molecule has 0 aliphatic carbocycles. The molecule has 0 aliphatic heterocycles. The average molecular weight is 141 g/mol. The Balaban J connectivity index is 4.24. The van der Waals surface area contributed by atoms with E-state index in [4.69, 9.17) is 0 Å². The summed E-state index contributed by atoms with van der Waals surface area (Å²) in [7, 11) is 1.92. The van der Waals surface area contributed by atoms with Crippen molar-refractivity contribution in [3.05, 3.63) is 12.3 Å². The van der Waals surface area contributed by atoms with Crippen molar-refractivity contribution in [2.75, 3.05) is 7.05 Å². The molecule has 0 saturated carbocycles. The molecule has 0 atom stereocenters. The summed E-state index contributed by atoms with van der Waals surface area (Å²) in [5, 5.41) is 3.09. The van der Waals surface area contributed by atoms with Crippen LogP contribution < -0.4 is 5.32 Å². The number of nitrogens with one attached hydrogen (secondary N) is 1.